The lowest BCUT2D eigenvalue weighted by molar-refractivity contribution is 0.0946. The fourth-order valence-electron chi connectivity index (χ4n) is 2.55. The van der Waals surface area contributed by atoms with Crippen LogP contribution in [0.1, 0.15) is 21.6 Å². The van der Waals surface area contributed by atoms with Crippen LogP contribution in [-0.4, -0.2) is 18.0 Å². The normalized spacial score (nSPS) is 10.2. The van der Waals surface area contributed by atoms with Crippen LogP contribution in [-0.2, 0) is 13.1 Å². The zero-order chi connectivity index (χ0) is 18.2. The van der Waals surface area contributed by atoms with Crippen molar-refractivity contribution in [2.75, 3.05) is 12.4 Å². The first kappa shape index (κ1) is 17.5. The average molecular weight is 347 g/mol. The number of para-hydroxylation sites is 1. The van der Waals surface area contributed by atoms with Crippen molar-refractivity contribution < 1.29 is 9.53 Å². The highest BCUT2D eigenvalue weighted by atomic mass is 16.5. The lowest BCUT2D eigenvalue weighted by Gasteiger charge is -2.10. The van der Waals surface area contributed by atoms with Crippen LogP contribution < -0.4 is 15.4 Å². The van der Waals surface area contributed by atoms with Crippen molar-refractivity contribution in [2.24, 2.45) is 0 Å². The van der Waals surface area contributed by atoms with Gasteiger partial charge in [0, 0.05) is 18.7 Å². The van der Waals surface area contributed by atoms with E-state index in [9.17, 15) is 4.79 Å². The number of amides is 1. The minimum Gasteiger partial charge on any atom is -0.496 e. The lowest BCUT2D eigenvalue weighted by atomic mass is 10.2. The number of ether oxygens (including phenoxy) is 1. The van der Waals surface area contributed by atoms with Crippen LogP contribution in [0.4, 0.5) is 5.69 Å². The first-order valence-electron chi connectivity index (χ1n) is 8.40. The fourth-order valence-corrected chi connectivity index (χ4v) is 2.55. The summed E-state index contributed by atoms with van der Waals surface area (Å²) in [4.78, 5) is 16.4. The Morgan fingerprint density at radius 3 is 2.46 bits per heavy atom. The number of rotatable bonds is 7. The maximum absolute atomic E-state index is 12.2. The summed E-state index contributed by atoms with van der Waals surface area (Å²) >= 11 is 0. The molecule has 2 N–H and O–H groups in total. The van der Waals surface area contributed by atoms with E-state index in [0.29, 0.717) is 18.8 Å². The van der Waals surface area contributed by atoms with Gasteiger partial charge in [-0.15, -0.1) is 0 Å². The molecule has 5 heteroatoms. The van der Waals surface area contributed by atoms with E-state index in [2.05, 4.69) is 15.6 Å². The van der Waals surface area contributed by atoms with Gasteiger partial charge < -0.3 is 15.4 Å². The Morgan fingerprint density at radius 1 is 0.962 bits per heavy atom. The highest BCUT2D eigenvalue weighted by Crippen LogP contribution is 2.18. The van der Waals surface area contributed by atoms with Crippen molar-refractivity contribution in [2.45, 2.75) is 13.1 Å². The molecule has 5 nitrogen and oxygen atoms in total. The first-order chi connectivity index (χ1) is 12.8. The second-order valence-corrected chi connectivity index (χ2v) is 5.77. The molecule has 0 aliphatic carbocycles. The third-order valence-corrected chi connectivity index (χ3v) is 3.97. The summed E-state index contributed by atoms with van der Waals surface area (Å²) in [6.07, 6.45) is 1.66. The Balaban J connectivity index is 1.55. The van der Waals surface area contributed by atoms with Crippen LogP contribution in [0.3, 0.4) is 0 Å². The molecule has 1 amide bonds. The molecule has 0 radical (unpaired) electrons. The zero-order valence-corrected chi connectivity index (χ0v) is 14.6. The Bertz CT molecular complexity index is 849. The number of pyridine rings is 1. The highest BCUT2D eigenvalue weighted by Gasteiger charge is 2.07. The summed E-state index contributed by atoms with van der Waals surface area (Å²) < 4.78 is 5.34. The molecule has 2 aromatic carbocycles. The number of nitrogens with zero attached hydrogens (tertiary/aromatic N) is 1. The molecule has 0 unspecified atom stereocenters. The Morgan fingerprint density at radius 2 is 1.73 bits per heavy atom. The third-order valence-electron chi connectivity index (χ3n) is 3.97. The minimum absolute atomic E-state index is 0.190. The van der Waals surface area contributed by atoms with Crippen LogP contribution in [0.2, 0.25) is 0 Å². The summed E-state index contributed by atoms with van der Waals surface area (Å²) in [5.74, 6) is 0.648. The lowest BCUT2D eigenvalue weighted by Crippen LogP contribution is -2.23. The van der Waals surface area contributed by atoms with Gasteiger partial charge in [0.05, 0.1) is 19.0 Å². The van der Waals surface area contributed by atoms with Gasteiger partial charge in [-0.05, 0) is 23.8 Å². The van der Waals surface area contributed by atoms with Gasteiger partial charge in [0.15, 0.2) is 0 Å². The van der Waals surface area contributed by atoms with Crippen molar-refractivity contribution >= 4 is 11.6 Å². The third kappa shape index (κ3) is 4.60. The second kappa shape index (κ2) is 8.67. The van der Waals surface area contributed by atoms with Crippen molar-refractivity contribution in [1.29, 1.82) is 0 Å². The molecule has 1 heterocycles. The molecule has 26 heavy (non-hydrogen) atoms. The van der Waals surface area contributed by atoms with E-state index >= 15 is 0 Å². The quantitative estimate of drug-likeness (QED) is 0.685. The fraction of sp³-hybridized carbons (Fsp3) is 0.143. The predicted molar refractivity (Wildman–Crippen MR) is 102 cm³/mol. The number of anilines is 1. The Labute approximate surface area is 153 Å². The molecule has 3 aromatic rings. The molecule has 0 fully saturated rings. The molecule has 0 aliphatic rings. The van der Waals surface area contributed by atoms with E-state index in [1.807, 2.05) is 60.7 Å². The van der Waals surface area contributed by atoms with Crippen molar-refractivity contribution in [3.63, 3.8) is 0 Å². The smallest absolute Gasteiger partial charge is 0.270 e. The molecule has 0 atom stereocenters. The van der Waals surface area contributed by atoms with Gasteiger partial charge in [0.25, 0.3) is 5.91 Å². The van der Waals surface area contributed by atoms with Crippen LogP contribution in [0, 0.1) is 0 Å². The molecule has 0 saturated carbocycles. The molecule has 1 aromatic heterocycles. The molecule has 3 rings (SSSR count). The molecule has 0 bridgehead atoms. The number of hydrogen-bond acceptors (Lipinski definition) is 4. The number of aromatic nitrogens is 1. The van der Waals surface area contributed by atoms with Gasteiger partial charge >= 0.3 is 0 Å². The van der Waals surface area contributed by atoms with E-state index in [1.165, 1.54) is 0 Å². The van der Waals surface area contributed by atoms with Gasteiger partial charge in [-0.2, -0.15) is 0 Å². The number of hydrogen-bond donors (Lipinski definition) is 2. The van der Waals surface area contributed by atoms with Crippen LogP contribution in [0.5, 0.6) is 5.75 Å². The molecular formula is C21H21N3O2. The SMILES string of the molecule is COc1ccccc1CNc1ccc(C(=O)NCc2ccccc2)nc1. The second-order valence-electron chi connectivity index (χ2n) is 5.77. The number of benzene rings is 2. The summed E-state index contributed by atoms with van der Waals surface area (Å²) in [5, 5.41) is 6.15. The topological polar surface area (TPSA) is 63.2 Å². The molecular weight excluding hydrogens is 326 g/mol. The Hall–Kier alpha value is -3.34. The molecule has 0 spiro atoms. The van der Waals surface area contributed by atoms with Gasteiger partial charge in [-0.25, -0.2) is 4.98 Å². The minimum atomic E-state index is -0.190. The monoisotopic (exact) mass is 347 g/mol. The van der Waals surface area contributed by atoms with E-state index in [-0.39, 0.29) is 5.91 Å². The molecule has 0 saturated heterocycles. The van der Waals surface area contributed by atoms with Gasteiger partial charge in [-0.3, -0.25) is 4.79 Å². The standard InChI is InChI=1S/C21H21N3O2/c1-26-20-10-6-5-9-17(20)14-22-18-11-12-19(23-15-18)21(25)24-13-16-7-3-2-4-8-16/h2-12,15,22H,13-14H2,1H3,(H,24,25). The number of carbonyl (C=O) groups excluding carboxylic acids is 1. The molecule has 0 aliphatic heterocycles. The van der Waals surface area contributed by atoms with Crippen LogP contribution in [0.25, 0.3) is 0 Å². The predicted octanol–water partition coefficient (Wildman–Crippen LogP) is 3.63. The number of methoxy groups -OCH3 is 1. The maximum atomic E-state index is 12.2. The highest BCUT2D eigenvalue weighted by molar-refractivity contribution is 5.92. The van der Waals surface area contributed by atoms with Gasteiger partial charge in [0.1, 0.15) is 11.4 Å². The number of carbonyl (C=O) groups is 1. The van der Waals surface area contributed by atoms with Crippen molar-refractivity contribution in [3.8, 4) is 5.75 Å². The molecule has 132 valence electrons. The van der Waals surface area contributed by atoms with Gasteiger partial charge in [-0.1, -0.05) is 48.5 Å². The van der Waals surface area contributed by atoms with E-state index in [1.54, 1.807) is 19.4 Å². The number of nitrogens with one attached hydrogen (secondary N) is 2. The van der Waals surface area contributed by atoms with Crippen LogP contribution in [0.15, 0.2) is 72.9 Å². The maximum Gasteiger partial charge on any atom is 0.270 e. The first-order valence-corrected chi connectivity index (χ1v) is 8.40. The average Bonchev–Trinajstić information content (AvgIpc) is 2.72. The largest absolute Gasteiger partial charge is 0.496 e. The summed E-state index contributed by atoms with van der Waals surface area (Å²) in [6, 6.07) is 21.2. The van der Waals surface area contributed by atoms with Gasteiger partial charge in [0.2, 0.25) is 0 Å². The van der Waals surface area contributed by atoms with E-state index in [0.717, 1.165) is 22.6 Å². The van der Waals surface area contributed by atoms with Crippen LogP contribution >= 0.6 is 0 Å². The van der Waals surface area contributed by atoms with E-state index in [4.69, 9.17) is 4.74 Å². The summed E-state index contributed by atoms with van der Waals surface area (Å²) in [6.45, 7) is 1.10. The Kier molecular flexibility index (Phi) is 5.83. The van der Waals surface area contributed by atoms with Crippen molar-refractivity contribution in [3.05, 3.63) is 89.7 Å². The summed E-state index contributed by atoms with van der Waals surface area (Å²) in [5.41, 5.74) is 3.34. The van der Waals surface area contributed by atoms with Crippen molar-refractivity contribution in [1.82, 2.24) is 10.3 Å². The summed E-state index contributed by atoms with van der Waals surface area (Å²) in [7, 11) is 1.66. The van der Waals surface area contributed by atoms with E-state index < -0.39 is 0 Å². The zero-order valence-electron chi connectivity index (χ0n) is 14.6.